The highest BCUT2D eigenvalue weighted by Gasteiger charge is 2.12. The Bertz CT molecular complexity index is 711. The summed E-state index contributed by atoms with van der Waals surface area (Å²) in [5.41, 5.74) is 1.52. The highest BCUT2D eigenvalue weighted by molar-refractivity contribution is 9.10. The van der Waals surface area contributed by atoms with Gasteiger partial charge in [-0.15, -0.1) is 0 Å². The zero-order valence-electron chi connectivity index (χ0n) is 11.8. The van der Waals surface area contributed by atoms with Crippen molar-refractivity contribution in [3.05, 3.63) is 58.1 Å². The van der Waals surface area contributed by atoms with Crippen molar-refractivity contribution in [1.29, 1.82) is 5.26 Å². The minimum atomic E-state index is -0.635. The van der Waals surface area contributed by atoms with Gasteiger partial charge in [0.2, 0.25) is 0 Å². The second kappa shape index (κ2) is 7.48. The topological polar surface area (TPSA) is 71.3 Å². The number of halogens is 1. The number of rotatable bonds is 4. The third kappa shape index (κ3) is 3.99. The SMILES string of the molecule is COc1cc(NC(=O)OCc2ccccc2)c(C#N)cc1Br. The van der Waals surface area contributed by atoms with Crippen molar-refractivity contribution in [2.24, 2.45) is 0 Å². The molecule has 0 saturated carbocycles. The average Bonchev–Trinajstić information content (AvgIpc) is 2.55. The number of nitriles is 1. The van der Waals surface area contributed by atoms with Crippen LogP contribution in [0.1, 0.15) is 11.1 Å². The molecule has 2 aromatic rings. The lowest BCUT2D eigenvalue weighted by Gasteiger charge is -2.11. The minimum Gasteiger partial charge on any atom is -0.495 e. The normalized spacial score (nSPS) is 9.68. The Kier molecular flexibility index (Phi) is 5.39. The summed E-state index contributed by atoms with van der Waals surface area (Å²) in [6, 6.07) is 14.5. The number of nitrogens with one attached hydrogen (secondary N) is 1. The number of amides is 1. The molecule has 0 aromatic heterocycles. The molecule has 0 heterocycles. The number of hydrogen-bond donors (Lipinski definition) is 1. The van der Waals surface area contributed by atoms with Crippen LogP contribution in [0.15, 0.2) is 46.9 Å². The maximum Gasteiger partial charge on any atom is 0.411 e. The first-order valence-electron chi connectivity index (χ1n) is 6.39. The van der Waals surface area contributed by atoms with Crippen molar-refractivity contribution in [2.45, 2.75) is 6.61 Å². The zero-order valence-corrected chi connectivity index (χ0v) is 13.4. The van der Waals surface area contributed by atoms with E-state index in [0.717, 1.165) is 5.56 Å². The van der Waals surface area contributed by atoms with Crippen LogP contribution >= 0.6 is 15.9 Å². The summed E-state index contributed by atoms with van der Waals surface area (Å²) in [5, 5.41) is 11.7. The Morgan fingerprint density at radius 1 is 1.32 bits per heavy atom. The van der Waals surface area contributed by atoms with Gasteiger partial charge in [-0.05, 0) is 27.6 Å². The van der Waals surface area contributed by atoms with E-state index in [2.05, 4.69) is 21.2 Å². The quantitative estimate of drug-likeness (QED) is 0.891. The first-order chi connectivity index (χ1) is 10.6. The standard InChI is InChI=1S/C16H13BrN2O3/c1-21-15-8-14(12(9-18)7-13(15)17)19-16(20)22-10-11-5-3-2-4-6-11/h2-8H,10H2,1H3,(H,19,20). The van der Waals surface area contributed by atoms with Gasteiger partial charge in [-0.1, -0.05) is 30.3 Å². The molecule has 1 amide bonds. The molecule has 0 radical (unpaired) electrons. The Morgan fingerprint density at radius 3 is 2.68 bits per heavy atom. The van der Waals surface area contributed by atoms with Crippen LogP contribution in [0.4, 0.5) is 10.5 Å². The van der Waals surface area contributed by atoms with Gasteiger partial charge < -0.3 is 9.47 Å². The maximum atomic E-state index is 11.8. The molecule has 1 N–H and O–H groups in total. The van der Waals surface area contributed by atoms with Gasteiger partial charge in [0.25, 0.3) is 0 Å². The molecule has 0 aliphatic heterocycles. The van der Waals surface area contributed by atoms with E-state index < -0.39 is 6.09 Å². The van der Waals surface area contributed by atoms with Crippen LogP contribution in [0.5, 0.6) is 5.75 Å². The summed E-state index contributed by atoms with van der Waals surface area (Å²) in [7, 11) is 1.50. The summed E-state index contributed by atoms with van der Waals surface area (Å²) in [4.78, 5) is 11.8. The van der Waals surface area contributed by atoms with Crippen LogP contribution in [0.2, 0.25) is 0 Å². The number of carbonyl (C=O) groups is 1. The van der Waals surface area contributed by atoms with E-state index in [1.54, 1.807) is 12.1 Å². The maximum absolute atomic E-state index is 11.8. The smallest absolute Gasteiger partial charge is 0.411 e. The lowest BCUT2D eigenvalue weighted by Crippen LogP contribution is -2.14. The highest BCUT2D eigenvalue weighted by Crippen LogP contribution is 2.31. The van der Waals surface area contributed by atoms with Gasteiger partial charge >= 0.3 is 6.09 Å². The van der Waals surface area contributed by atoms with Gasteiger partial charge in [-0.2, -0.15) is 5.26 Å². The monoisotopic (exact) mass is 360 g/mol. The molecule has 2 aromatic carbocycles. The van der Waals surface area contributed by atoms with E-state index >= 15 is 0 Å². The number of carbonyl (C=O) groups excluding carboxylic acids is 1. The van der Waals surface area contributed by atoms with Crippen LogP contribution < -0.4 is 10.1 Å². The fourth-order valence-corrected chi connectivity index (χ4v) is 2.28. The largest absolute Gasteiger partial charge is 0.495 e. The molecule has 0 atom stereocenters. The van der Waals surface area contributed by atoms with Crippen molar-refractivity contribution >= 4 is 27.7 Å². The van der Waals surface area contributed by atoms with Gasteiger partial charge in [-0.25, -0.2) is 4.79 Å². The highest BCUT2D eigenvalue weighted by atomic mass is 79.9. The van der Waals surface area contributed by atoms with Crippen LogP contribution in [-0.4, -0.2) is 13.2 Å². The van der Waals surface area contributed by atoms with Crippen molar-refractivity contribution in [1.82, 2.24) is 0 Å². The first-order valence-corrected chi connectivity index (χ1v) is 7.18. The van der Waals surface area contributed by atoms with E-state index in [0.29, 0.717) is 21.5 Å². The van der Waals surface area contributed by atoms with Crippen LogP contribution in [-0.2, 0) is 11.3 Å². The third-order valence-corrected chi connectivity index (χ3v) is 3.48. The van der Waals surface area contributed by atoms with Gasteiger partial charge in [-0.3, -0.25) is 5.32 Å². The lowest BCUT2D eigenvalue weighted by atomic mass is 10.2. The fraction of sp³-hybridized carbons (Fsp3) is 0.125. The number of benzene rings is 2. The summed E-state index contributed by atoms with van der Waals surface area (Å²) >= 11 is 3.29. The van der Waals surface area contributed by atoms with Crippen molar-refractivity contribution in [3.63, 3.8) is 0 Å². The van der Waals surface area contributed by atoms with Gasteiger partial charge in [0.15, 0.2) is 0 Å². The molecule has 22 heavy (non-hydrogen) atoms. The van der Waals surface area contributed by atoms with E-state index in [4.69, 9.17) is 14.7 Å². The molecule has 5 nitrogen and oxygen atoms in total. The molecule has 6 heteroatoms. The predicted molar refractivity (Wildman–Crippen MR) is 85.7 cm³/mol. The molecule has 0 bridgehead atoms. The molecular weight excluding hydrogens is 348 g/mol. The fourth-order valence-electron chi connectivity index (χ4n) is 1.77. The summed E-state index contributed by atoms with van der Waals surface area (Å²) in [5.74, 6) is 0.511. The average molecular weight is 361 g/mol. The molecule has 0 fully saturated rings. The third-order valence-electron chi connectivity index (χ3n) is 2.86. The summed E-state index contributed by atoms with van der Waals surface area (Å²) in [6.45, 7) is 0.155. The number of anilines is 1. The van der Waals surface area contributed by atoms with E-state index in [1.807, 2.05) is 36.4 Å². The first kappa shape index (κ1) is 15.9. The van der Waals surface area contributed by atoms with Crippen molar-refractivity contribution in [3.8, 4) is 11.8 Å². The summed E-state index contributed by atoms with van der Waals surface area (Å²) in [6.07, 6.45) is -0.635. The number of hydrogen-bond acceptors (Lipinski definition) is 4. The van der Waals surface area contributed by atoms with Gasteiger partial charge in [0, 0.05) is 6.07 Å². The van der Waals surface area contributed by atoms with Crippen LogP contribution in [0, 0.1) is 11.3 Å². The Balaban J connectivity index is 2.06. The summed E-state index contributed by atoms with van der Waals surface area (Å²) < 4.78 is 10.9. The zero-order chi connectivity index (χ0) is 15.9. The molecule has 0 spiro atoms. The molecule has 0 aliphatic rings. The van der Waals surface area contributed by atoms with E-state index in [9.17, 15) is 4.79 Å². The molecule has 0 saturated heterocycles. The molecular formula is C16H13BrN2O3. The molecule has 0 aliphatic carbocycles. The molecule has 2 rings (SSSR count). The predicted octanol–water partition coefficient (Wildman–Crippen LogP) is 4.08. The number of nitrogens with zero attached hydrogens (tertiary/aromatic N) is 1. The molecule has 112 valence electrons. The van der Waals surface area contributed by atoms with Crippen molar-refractivity contribution < 1.29 is 14.3 Å². The Morgan fingerprint density at radius 2 is 2.05 bits per heavy atom. The minimum absolute atomic E-state index is 0.155. The van der Waals surface area contributed by atoms with Crippen LogP contribution in [0.3, 0.4) is 0 Å². The molecule has 0 unspecified atom stereocenters. The van der Waals surface area contributed by atoms with E-state index in [-0.39, 0.29) is 6.61 Å². The van der Waals surface area contributed by atoms with Crippen molar-refractivity contribution in [2.75, 3.05) is 12.4 Å². The lowest BCUT2D eigenvalue weighted by molar-refractivity contribution is 0.155. The van der Waals surface area contributed by atoms with Gasteiger partial charge in [0.1, 0.15) is 18.4 Å². The van der Waals surface area contributed by atoms with E-state index in [1.165, 1.54) is 7.11 Å². The van der Waals surface area contributed by atoms with Crippen LogP contribution in [0.25, 0.3) is 0 Å². The number of methoxy groups -OCH3 is 1. The second-order valence-electron chi connectivity index (χ2n) is 4.33. The Labute approximate surface area is 136 Å². The Hall–Kier alpha value is -2.52. The van der Waals surface area contributed by atoms with Gasteiger partial charge in [0.05, 0.1) is 22.8 Å². The second-order valence-corrected chi connectivity index (χ2v) is 5.19. The number of ether oxygens (including phenoxy) is 2.